The molecule has 0 aliphatic heterocycles. The van der Waals surface area contributed by atoms with Crippen LogP contribution in [0.15, 0.2) is 18.3 Å². The lowest BCUT2D eigenvalue weighted by molar-refractivity contribution is 0.0690. The van der Waals surface area contributed by atoms with E-state index in [1.807, 2.05) is 19.9 Å². The summed E-state index contributed by atoms with van der Waals surface area (Å²) in [5, 5.41) is 8.87. The quantitative estimate of drug-likeness (QED) is 0.846. The highest BCUT2D eigenvalue weighted by molar-refractivity contribution is 5.87. The summed E-state index contributed by atoms with van der Waals surface area (Å²) in [5.41, 5.74) is 2.83. The predicted molar refractivity (Wildman–Crippen MR) is 61.5 cm³/mol. The summed E-state index contributed by atoms with van der Waals surface area (Å²) in [5.74, 6) is -1.02. The molecule has 4 nitrogen and oxygen atoms in total. The van der Waals surface area contributed by atoms with E-state index in [0.29, 0.717) is 6.61 Å². The minimum Gasteiger partial charge on any atom is -0.477 e. The molecule has 0 atom stereocenters. The van der Waals surface area contributed by atoms with E-state index in [1.165, 1.54) is 0 Å². The molecule has 0 fully saturated rings. The van der Waals surface area contributed by atoms with E-state index in [1.54, 1.807) is 19.4 Å². The second-order valence-electron chi connectivity index (χ2n) is 3.44. The highest BCUT2D eigenvalue weighted by atomic mass is 16.5. The number of hydrogen-bond acceptors (Lipinski definition) is 3. The monoisotopic (exact) mass is 221 g/mol. The third kappa shape index (κ3) is 2.67. The number of pyridine rings is 1. The SMILES string of the molecule is C/C=C(/COC)c1cc(C(=O)O)ncc1C. The number of rotatable bonds is 4. The van der Waals surface area contributed by atoms with Crippen molar-refractivity contribution < 1.29 is 14.6 Å². The third-order valence-electron chi connectivity index (χ3n) is 2.32. The molecule has 0 radical (unpaired) electrons. The van der Waals surface area contributed by atoms with Gasteiger partial charge in [0, 0.05) is 13.3 Å². The Bertz CT molecular complexity index is 424. The van der Waals surface area contributed by atoms with Gasteiger partial charge in [0.2, 0.25) is 0 Å². The fourth-order valence-corrected chi connectivity index (χ4v) is 1.46. The summed E-state index contributed by atoms with van der Waals surface area (Å²) in [6.45, 7) is 4.25. The van der Waals surface area contributed by atoms with Gasteiger partial charge < -0.3 is 9.84 Å². The number of carboxylic acid groups (broad SMARTS) is 1. The lowest BCUT2D eigenvalue weighted by Gasteiger charge is -2.10. The van der Waals surface area contributed by atoms with Crippen molar-refractivity contribution in [2.24, 2.45) is 0 Å². The molecule has 0 unspecified atom stereocenters. The zero-order valence-corrected chi connectivity index (χ0v) is 9.65. The second-order valence-corrected chi connectivity index (χ2v) is 3.44. The predicted octanol–water partition coefficient (Wildman–Crippen LogP) is 2.14. The number of methoxy groups -OCH3 is 1. The van der Waals surface area contributed by atoms with Crippen LogP contribution in [0.5, 0.6) is 0 Å². The summed E-state index contributed by atoms with van der Waals surface area (Å²) >= 11 is 0. The number of aromatic nitrogens is 1. The molecule has 0 bridgehead atoms. The lowest BCUT2D eigenvalue weighted by atomic mass is 10.0. The van der Waals surface area contributed by atoms with Gasteiger partial charge in [-0.15, -0.1) is 0 Å². The largest absolute Gasteiger partial charge is 0.477 e. The smallest absolute Gasteiger partial charge is 0.354 e. The van der Waals surface area contributed by atoms with E-state index >= 15 is 0 Å². The molecule has 1 N–H and O–H groups in total. The Morgan fingerprint density at radius 1 is 1.62 bits per heavy atom. The first-order valence-electron chi connectivity index (χ1n) is 4.94. The van der Waals surface area contributed by atoms with Gasteiger partial charge in [-0.1, -0.05) is 6.08 Å². The van der Waals surface area contributed by atoms with Crippen molar-refractivity contribution in [2.75, 3.05) is 13.7 Å². The molecule has 0 aliphatic rings. The summed E-state index contributed by atoms with van der Waals surface area (Å²) in [6, 6.07) is 1.58. The maximum absolute atomic E-state index is 10.8. The van der Waals surface area contributed by atoms with Gasteiger partial charge in [0.25, 0.3) is 0 Å². The Morgan fingerprint density at radius 3 is 2.81 bits per heavy atom. The van der Waals surface area contributed by atoms with Crippen LogP contribution in [-0.2, 0) is 4.74 Å². The fraction of sp³-hybridized carbons (Fsp3) is 0.333. The molecule has 16 heavy (non-hydrogen) atoms. The van der Waals surface area contributed by atoms with Gasteiger partial charge in [-0.2, -0.15) is 0 Å². The zero-order valence-electron chi connectivity index (χ0n) is 9.65. The molecule has 4 heteroatoms. The van der Waals surface area contributed by atoms with E-state index in [-0.39, 0.29) is 5.69 Å². The van der Waals surface area contributed by atoms with Crippen LogP contribution < -0.4 is 0 Å². The van der Waals surface area contributed by atoms with Crippen LogP contribution in [0.25, 0.3) is 5.57 Å². The van der Waals surface area contributed by atoms with Gasteiger partial charge in [-0.05, 0) is 36.6 Å². The van der Waals surface area contributed by atoms with Crippen LogP contribution in [0.1, 0.15) is 28.5 Å². The van der Waals surface area contributed by atoms with E-state index in [4.69, 9.17) is 9.84 Å². The van der Waals surface area contributed by atoms with Crippen molar-refractivity contribution >= 4 is 11.5 Å². The first-order chi connectivity index (χ1) is 7.60. The third-order valence-corrected chi connectivity index (χ3v) is 2.32. The van der Waals surface area contributed by atoms with Crippen LogP contribution in [-0.4, -0.2) is 29.8 Å². The molecule has 0 aliphatic carbocycles. The van der Waals surface area contributed by atoms with Crippen LogP contribution in [0.2, 0.25) is 0 Å². The zero-order chi connectivity index (χ0) is 12.1. The summed E-state index contributed by atoms with van der Waals surface area (Å²) in [4.78, 5) is 14.7. The van der Waals surface area contributed by atoms with Crippen LogP contribution >= 0.6 is 0 Å². The van der Waals surface area contributed by atoms with Crippen LogP contribution in [0.3, 0.4) is 0 Å². The number of aromatic carboxylic acids is 1. The van der Waals surface area contributed by atoms with Crippen molar-refractivity contribution in [2.45, 2.75) is 13.8 Å². The van der Waals surface area contributed by atoms with Gasteiger partial charge in [0.1, 0.15) is 5.69 Å². The molecule has 1 rings (SSSR count). The summed E-state index contributed by atoms with van der Waals surface area (Å²) in [6.07, 6.45) is 3.48. The summed E-state index contributed by atoms with van der Waals surface area (Å²) in [7, 11) is 1.61. The highest BCUT2D eigenvalue weighted by Gasteiger charge is 2.10. The summed E-state index contributed by atoms with van der Waals surface area (Å²) < 4.78 is 5.07. The van der Waals surface area contributed by atoms with Gasteiger partial charge in [-0.3, -0.25) is 0 Å². The van der Waals surface area contributed by atoms with E-state index in [2.05, 4.69) is 4.98 Å². The molecule has 0 amide bonds. The molecule has 86 valence electrons. The topological polar surface area (TPSA) is 59.4 Å². The van der Waals surface area contributed by atoms with Gasteiger partial charge in [-0.25, -0.2) is 9.78 Å². The number of allylic oxidation sites excluding steroid dienone is 1. The van der Waals surface area contributed by atoms with E-state index < -0.39 is 5.97 Å². The van der Waals surface area contributed by atoms with Gasteiger partial charge >= 0.3 is 5.97 Å². The number of nitrogens with zero attached hydrogens (tertiary/aromatic N) is 1. The normalized spacial score (nSPS) is 11.6. The Morgan fingerprint density at radius 2 is 2.31 bits per heavy atom. The first kappa shape index (κ1) is 12.4. The Kier molecular flexibility index (Phi) is 4.19. The molecule has 0 aromatic carbocycles. The second kappa shape index (κ2) is 5.42. The molecule has 0 saturated heterocycles. The van der Waals surface area contributed by atoms with E-state index in [0.717, 1.165) is 16.7 Å². The molecule has 1 aromatic heterocycles. The van der Waals surface area contributed by atoms with Gasteiger partial charge in [0.15, 0.2) is 0 Å². The maximum Gasteiger partial charge on any atom is 0.354 e. The standard InChI is InChI=1S/C12H15NO3/c1-4-9(7-16-3)10-5-11(12(14)15)13-6-8(10)2/h4-6H,7H2,1-3H3,(H,14,15)/b9-4-. The highest BCUT2D eigenvalue weighted by Crippen LogP contribution is 2.19. The van der Waals surface area contributed by atoms with Gasteiger partial charge in [0.05, 0.1) is 6.61 Å². The van der Waals surface area contributed by atoms with Crippen molar-refractivity contribution in [3.63, 3.8) is 0 Å². The minimum atomic E-state index is -1.02. The van der Waals surface area contributed by atoms with E-state index in [9.17, 15) is 4.79 Å². The fourth-order valence-electron chi connectivity index (χ4n) is 1.46. The van der Waals surface area contributed by atoms with Crippen molar-refractivity contribution in [1.82, 2.24) is 4.98 Å². The number of carbonyl (C=O) groups is 1. The number of hydrogen-bond donors (Lipinski definition) is 1. The molecule has 0 spiro atoms. The molecule has 0 saturated carbocycles. The first-order valence-corrected chi connectivity index (χ1v) is 4.94. The van der Waals surface area contributed by atoms with Crippen LogP contribution in [0.4, 0.5) is 0 Å². The molecule has 1 heterocycles. The Hall–Kier alpha value is -1.68. The lowest BCUT2D eigenvalue weighted by Crippen LogP contribution is -2.04. The Labute approximate surface area is 94.6 Å². The molecular formula is C12H15NO3. The van der Waals surface area contributed by atoms with Crippen molar-refractivity contribution in [3.8, 4) is 0 Å². The number of aryl methyl sites for hydroxylation is 1. The molecule has 1 aromatic rings. The van der Waals surface area contributed by atoms with Crippen LogP contribution in [0, 0.1) is 6.92 Å². The maximum atomic E-state index is 10.8. The van der Waals surface area contributed by atoms with Crippen molar-refractivity contribution in [3.05, 3.63) is 35.2 Å². The number of carboxylic acids is 1. The minimum absolute atomic E-state index is 0.0519. The Balaban J connectivity index is 3.20. The average molecular weight is 221 g/mol. The van der Waals surface area contributed by atoms with Crippen molar-refractivity contribution in [1.29, 1.82) is 0 Å². The average Bonchev–Trinajstić information content (AvgIpc) is 2.26. The molecular weight excluding hydrogens is 206 g/mol. The number of ether oxygens (including phenoxy) is 1.